The standard InChI is InChI=1S/C15H20FN3S/c1-3-5-6-14(12-7-9-13(16)10-8-12)18-19-15(20)17-11-4-2/h4,7-10H,2-3,5-6,11H2,1H3,(H2,17,19,20)/b18-14-. The Bertz CT molecular complexity index is 469. The van der Waals surface area contributed by atoms with E-state index in [4.69, 9.17) is 12.2 Å². The van der Waals surface area contributed by atoms with E-state index in [1.165, 1.54) is 12.1 Å². The van der Waals surface area contributed by atoms with Gasteiger partial charge >= 0.3 is 0 Å². The van der Waals surface area contributed by atoms with Gasteiger partial charge in [-0.25, -0.2) is 4.39 Å². The highest BCUT2D eigenvalue weighted by Gasteiger charge is 2.04. The molecule has 108 valence electrons. The second kappa shape index (κ2) is 9.20. The van der Waals surface area contributed by atoms with Gasteiger partial charge in [-0.2, -0.15) is 5.10 Å². The molecule has 0 bridgehead atoms. The van der Waals surface area contributed by atoms with Gasteiger partial charge in [-0.1, -0.05) is 31.6 Å². The normalized spacial score (nSPS) is 11.0. The summed E-state index contributed by atoms with van der Waals surface area (Å²) in [4.78, 5) is 0. The maximum absolute atomic E-state index is 13.0. The second-order valence-electron chi connectivity index (χ2n) is 4.28. The van der Waals surface area contributed by atoms with Crippen LogP contribution in [0, 0.1) is 5.82 Å². The minimum absolute atomic E-state index is 0.250. The van der Waals surface area contributed by atoms with E-state index in [2.05, 4.69) is 29.3 Å². The van der Waals surface area contributed by atoms with Gasteiger partial charge in [0, 0.05) is 6.54 Å². The van der Waals surface area contributed by atoms with Gasteiger partial charge in [-0.05, 0) is 42.8 Å². The molecule has 1 aromatic rings. The monoisotopic (exact) mass is 293 g/mol. The van der Waals surface area contributed by atoms with E-state index in [0.717, 1.165) is 30.5 Å². The zero-order valence-corrected chi connectivity index (χ0v) is 12.5. The predicted octanol–water partition coefficient (Wildman–Crippen LogP) is 3.37. The number of thiocarbonyl (C=S) groups is 1. The molecule has 0 atom stereocenters. The fourth-order valence-corrected chi connectivity index (χ4v) is 1.70. The Kier molecular flexibility index (Phi) is 7.50. The van der Waals surface area contributed by atoms with Crippen molar-refractivity contribution in [1.29, 1.82) is 0 Å². The summed E-state index contributed by atoms with van der Waals surface area (Å²) >= 11 is 5.08. The first-order chi connectivity index (χ1) is 9.67. The number of nitrogens with one attached hydrogen (secondary N) is 2. The Morgan fingerprint density at radius 3 is 2.70 bits per heavy atom. The van der Waals surface area contributed by atoms with E-state index in [9.17, 15) is 4.39 Å². The van der Waals surface area contributed by atoms with Crippen molar-refractivity contribution < 1.29 is 4.39 Å². The van der Waals surface area contributed by atoms with Crippen LogP contribution in [-0.4, -0.2) is 17.4 Å². The maximum Gasteiger partial charge on any atom is 0.187 e. The van der Waals surface area contributed by atoms with E-state index >= 15 is 0 Å². The molecule has 0 amide bonds. The van der Waals surface area contributed by atoms with Crippen LogP contribution < -0.4 is 10.7 Å². The van der Waals surface area contributed by atoms with E-state index in [-0.39, 0.29) is 5.82 Å². The quantitative estimate of drug-likeness (QED) is 0.350. The summed E-state index contributed by atoms with van der Waals surface area (Å²) in [6, 6.07) is 6.33. The van der Waals surface area contributed by atoms with Crippen LogP contribution in [0.4, 0.5) is 4.39 Å². The molecule has 0 saturated heterocycles. The Labute approximate surface area is 125 Å². The van der Waals surface area contributed by atoms with Gasteiger partial charge in [0.1, 0.15) is 5.82 Å². The summed E-state index contributed by atoms with van der Waals surface area (Å²) in [6.45, 7) is 6.31. The smallest absolute Gasteiger partial charge is 0.187 e. The Hall–Kier alpha value is -1.75. The molecule has 0 radical (unpaired) electrons. The van der Waals surface area contributed by atoms with Crippen LogP contribution in [-0.2, 0) is 0 Å². The van der Waals surface area contributed by atoms with Gasteiger partial charge in [0.05, 0.1) is 5.71 Å². The van der Waals surface area contributed by atoms with Crippen molar-refractivity contribution in [3.8, 4) is 0 Å². The summed E-state index contributed by atoms with van der Waals surface area (Å²) in [5.41, 5.74) is 4.58. The van der Waals surface area contributed by atoms with Crippen LogP contribution in [0.15, 0.2) is 42.0 Å². The minimum Gasteiger partial charge on any atom is -0.358 e. The van der Waals surface area contributed by atoms with E-state index in [0.29, 0.717) is 11.7 Å². The van der Waals surface area contributed by atoms with Crippen molar-refractivity contribution in [2.45, 2.75) is 26.2 Å². The van der Waals surface area contributed by atoms with Crippen LogP contribution >= 0.6 is 12.2 Å². The summed E-state index contributed by atoms with van der Waals surface area (Å²) in [5, 5.41) is 7.71. The van der Waals surface area contributed by atoms with E-state index < -0.39 is 0 Å². The van der Waals surface area contributed by atoms with Crippen molar-refractivity contribution in [1.82, 2.24) is 10.7 Å². The lowest BCUT2D eigenvalue weighted by atomic mass is 10.1. The molecule has 0 aliphatic rings. The van der Waals surface area contributed by atoms with E-state index in [1.54, 1.807) is 18.2 Å². The Morgan fingerprint density at radius 2 is 2.10 bits per heavy atom. The molecule has 0 heterocycles. The fraction of sp³-hybridized carbons (Fsp3) is 0.333. The van der Waals surface area contributed by atoms with Gasteiger partial charge in [-0.3, -0.25) is 5.43 Å². The third kappa shape index (κ3) is 5.93. The summed E-state index contributed by atoms with van der Waals surface area (Å²) in [6.07, 6.45) is 4.62. The SMILES string of the molecule is C=CCNC(=S)N/N=C(/CCCC)c1ccc(F)cc1. The van der Waals surface area contributed by atoms with Gasteiger partial charge in [0.2, 0.25) is 0 Å². The largest absolute Gasteiger partial charge is 0.358 e. The molecule has 0 aliphatic carbocycles. The number of hydrogen-bond donors (Lipinski definition) is 2. The molecule has 0 unspecified atom stereocenters. The number of benzene rings is 1. The maximum atomic E-state index is 13.0. The average molecular weight is 293 g/mol. The van der Waals surface area contributed by atoms with Crippen LogP contribution in [0.3, 0.4) is 0 Å². The van der Waals surface area contributed by atoms with Crippen molar-refractivity contribution in [2.75, 3.05) is 6.54 Å². The number of halogens is 1. The number of nitrogens with zero attached hydrogens (tertiary/aromatic N) is 1. The minimum atomic E-state index is -0.250. The lowest BCUT2D eigenvalue weighted by Gasteiger charge is -2.09. The summed E-state index contributed by atoms with van der Waals surface area (Å²) in [7, 11) is 0. The third-order valence-electron chi connectivity index (χ3n) is 2.64. The lowest BCUT2D eigenvalue weighted by Crippen LogP contribution is -2.32. The Morgan fingerprint density at radius 1 is 1.40 bits per heavy atom. The van der Waals surface area contributed by atoms with Crippen LogP contribution in [0.25, 0.3) is 0 Å². The predicted molar refractivity (Wildman–Crippen MR) is 86.4 cm³/mol. The molecule has 1 aromatic carbocycles. The summed E-state index contributed by atoms with van der Waals surface area (Å²) in [5.74, 6) is -0.250. The molecular formula is C15H20FN3S. The van der Waals surface area contributed by atoms with E-state index in [1.807, 2.05) is 0 Å². The van der Waals surface area contributed by atoms with Gasteiger partial charge in [0.25, 0.3) is 0 Å². The molecule has 3 nitrogen and oxygen atoms in total. The number of rotatable bonds is 7. The molecule has 20 heavy (non-hydrogen) atoms. The van der Waals surface area contributed by atoms with Gasteiger partial charge < -0.3 is 5.32 Å². The highest BCUT2D eigenvalue weighted by atomic mass is 32.1. The van der Waals surface area contributed by atoms with Gasteiger partial charge in [0.15, 0.2) is 5.11 Å². The van der Waals surface area contributed by atoms with Crippen molar-refractivity contribution >= 4 is 23.0 Å². The highest BCUT2D eigenvalue weighted by molar-refractivity contribution is 7.80. The van der Waals surface area contributed by atoms with Crippen LogP contribution in [0.1, 0.15) is 31.7 Å². The first kappa shape index (κ1) is 16.3. The number of unbranched alkanes of at least 4 members (excludes halogenated alkanes) is 1. The average Bonchev–Trinajstić information content (AvgIpc) is 2.46. The zero-order chi connectivity index (χ0) is 14.8. The van der Waals surface area contributed by atoms with Crippen LogP contribution in [0.2, 0.25) is 0 Å². The molecule has 0 fully saturated rings. The van der Waals surface area contributed by atoms with Crippen LogP contribution in [0.5, 0.6) is 0 Å². The lowest BCUT2D eigenvalue weighted by molar-refractivity contribution is 0.627. The highest BCUT2D eigenvalue weighted by Crippen LogP contribution is 2.09. The third-order valence-corrected chi connectivity index (χ3v) is 2.88. The van der Waals surface area contributed by atoms with Crippen molar-refractivity contribution in [2.24, 2.45) is 5.10 Å². The molecular weight excluding hydrogens is 273 g/mol. The molecule has 0 aliphatic heterocycles. The molecule has 0 aromatic heterocycles. The second-order valence-corrected chi connectivity index (χ2v) is 4.69. The van der Waals surface area contributed by atoms with Crippen molar-refractivity contribution in [3.05, 3.63) is 48.3 Å². The molecule has 5 heteroatoms. The topological polar surface area (TPSA) is 36.4 Å². The van der Waals surface area contributed by atoms with Crippen molar-refractivity contribution in [3.63, 3.8) is 0 Å². The first-order valence-electron chi connectivity index (χ1n) is 6.64. The number of hydrazone groups is 1. The molecule has 2 N–H and O–H groups in total. The Balaban J connectivity index is 2.74. The molecule has 1 rings (SSSR count). The fourth-order valence-electron chi connectivity index (χ4n) is 1.57. The molecule has 0 saturated carbocycles. The van der Waals surface area contributed by atoms with Gasteiger partial charge in [-0.15, -0.1) is 6.58 Å². The summed E-state index contributed by atoms with van der Waals surface area (Å²) < 4.78 is 13.0. The number of hydrogen-bond acceptors (Lipinski definition) is 2. The first-order valence-corrected chi connectivity index (χ1v) is 7.05. The zero-order valence-electron chi connectivity index (χ0n) is 11.7. The molecule has 0 spiro atoms.